The summed E-state index contributed by atoms with van der Waals surface area (Å²) >= 11 is 0. The summed E-state index contributed by atoms with van der Waals surface area (Å²) in [5, 5.41) is 3.36. The van der Waals surface area contributed by atoms with Gasteiger partial charge in [0.1, 0.15) is 23.9 Å². The van der Waals surface area contributed by atoms with Gasteiger partial charge in [-0.3, -0.25) is 0 Å². The summed E-state index contributed by atoms with van der Waals surface area (Å²) in [7, 11) is 0. The molecule has 3 rings (SSSR count). The summed E-state index contributed by atoms with van der Waals surface area (Å²) in [5.74, 6) is 2.64. The van der Waals surface area contributed by atoms with Crippen LogP contribution in [0.4, 0.5) is 5.69 Å². The Morgan fingerprint density at radius 3 is 2.50 bits per heavy atom. The van der Waals surface area contributed by atoms with Crippen LogP contribution in [0.25, 0.3) is 0 Å². The Hall–Kier alpha value is -1.94. The molecule has 1 N–H and O–H groups in total. The minimum absolute atomic E-state index is 0.473. The van der Waals surface area contributed by atoms with Gasteiger partial charge in [0.25, 0.3) is 0 Å². The molecule has 1 saturated heterocycles. The van der Waals surface area contributed by atoms with Crippen LogP contribution in [0.3, 0.4) is 0 Å². The summed E-state index contributed by atoms with van der Waals surface area (Å²) in [6.07, 6.45) is 0. The number of ether oxygens (including phenoxy) is 1. The van der Waals surface area contributed by atoms with Gasteiger partial charge in [0.2, 0.25) is 0 Å². The Morgan fingerprint density at radius 1 is 1.10 bits per heavy atom. The van der Waals surface area contributed by atoms with E-state index in [9.17, 15) is 0 Å². The number of hydrogen-bond donors (Lipinski definition) is 1. The van der Waals surface area contributed by atoms with Crippen molar-refractivity contribution in [1.29, 1.82) is 0 Å². The first-order chi connectivity index (χ1) is 9.81. The van der Waals surface area contributed by atoms with Crippen LogP contribution >= 0.6 is 0 Å². The summed E-state index contributed by atoms with van der Waals surface area (Å²) < 4.78 is 11.2. The molecule has 0 unspecified atom stereocenters. The van der Waals surface area contributed by atoms with E-state index in [0.717, 1.165) is 43.4 Å². The van der Waals surface area contributed by atoms with Crippen molar-refractivity contribution in [3.63, 3.8) is 0 Å². The van der Waals surface area contributed by atoms with E-state index in [1.165, 1.54) is 5.69 Å². The molecule has 0 aliphatic carbocycles. The Morgan fingerprint density at radius 2 is 1.85 bits per heavy atom. The van der Waals surface area contributed by atoms with Crippen LogP contribution in [0.5, 0.6) is 5.75 Å². The number of nitrogens with zero attached hydrogens (tertiary/aromatic N) is 1. The molecular formula is C16H20N2O2. The predicted molar refractivity (Wildman–Crippen MR) is 79.3 cm³/mol. The second kappa shape index (κ2) is 6.01. The zero-order chi connectivity index (χ0) is 13.8. The van der Waals surface area contributed by atoms with E-state index in [-0.39, 0.29) is 0 Å². The molecule has 1 aromatic heterocycles. The smallest absolute Gasteiger partial charge is 0.146 e. The zero-order valence-electron chi connectivity index (χ0n) is 11.8. The molecule has 1 aliphatic rings. The molecular weight excluding hydrogens is 252 g/mol. The number of piperazine rings is 1. The van der Waals surface area contributed by atoms with Crippen molar-refractivity contribution in [2.24, 2.45) is 0 Å². The first-order valence-electron chi connectivity index (χ1n) is 7.05. The maximum atomic E-state index is 5.72. The van der Waals surface area contributed by atoms with Crippen LogP contribution in [0.15, 0.2) is 40.8 Å². The molecule has 2 heterocycles. The number of benzene rings is 1. The Kier molecular flexibility index (Phi) is 3.92. The summed E-state index contributed by atoms with van der Waals surface area (Å²) in [6.45, 7) is 6.64. The van der Waals surface area contributed by atoms with E-state index in [2.05, 4.69) is 22.3 Å². The van der Waals surface area contributed by atoms with E-state index < -0.39 is 0 Å². The Balaban J connectivity index is 1.58. The van der Waals surface area contributed by atoms with Gasteiger partial charge in [-0.15, -0.1) is 0 Å². The molecule has 106 valence electrons. The van der Waals surface area contributed by atoms with Crippen molar-refractivity contribution in [1.82, 2.24) is 5.32 Å². The summed E-state index contributed by atoms with van der Waals surface area (Å²) in [5.41, 5.74) is 1.26. The van der Waals surface area contributed by atoms with Gasteiger partial charge in [-0.25, -0.2) is 0 Å². The second-order valence-corrected chi connectivity index (χ2v) is 5.03. The van der Waals surface area contributed by atoms with Crippen LogP contribution in [0.2, 0.25) is 0 Å². The lowest BCUT2D eigenvalue weighted by Gasteiger charge is -2.29. The van der Waals surface area contributed by atoms with Gasteiger partial charge in [-0.1, -0.05) is 0 Å². The molecule has 0 spiro atoms. The molecule has 2 aromatic rings. The largest absolute Gasteiger partial charge is 0.486 e. The minimum atomic E-state index is 0.473. The van der Waals surface area contributed by atoms with Gasteiger partial charge in [0.05, 0.1) is 0 Å². The highest BCUT2D eigenvalue weighted by atomic mass is 16.5. The van der Waals surface area contributed by atoms with Crippen LogP contribution in [0.1, 0.15) is 11.5 Å². The molecule has 1 aliphatic heterocycles. The SMILES string of the molecule is Cc1ccc(COc2ccc(N3CCNCC3)cc2)o1. The van der Waals surface area contributed by atoms with E-state index in [1.54, 1.807) is 0 Å². The van der Waals surface area contributed by atoms with E-state index in [4.69, 9.17) is 9.15 Å². The van der Waals surface area contributed by atoms with Crippen molar-refractivity contribution in [3.8, 4) is 5.75 Å². The van der Waals surface area contributed by atoms with Crippen molar-refractivity contribution < 1.29 is 9.15 Å². The lowest BCUT2D eigenvalue weighted by molar-refractivity contribution is 0.267. The maximum Gasteiger partial charge on any atom is 0.146 e. The number of rotatable bonds is 4. The van der Waals surface area contributed by atoms with Crippen LogP contribution in [-0.4, -0.2) is 26.2 Å². The predicted octanol–water partition coefficient (Wildman–Crippen LogP) is 2.58. The fourth-order valence-electron chi connectivity index (χ4n) is 2.39. The summed E-state index contributed by atoms with van der Waals surface area (Å²) in [6, 6.07) is 12.2. The molecule has 4 heteroatoms. The van der Waals surface area contributed by atoms with E-state index in [0.29, 0.717) is 6.61 Å². The number of hydrogen-bond acceptors (Lipinski definition) is 4. The molecule has 0 radical (unpaired) electrons. The molecule has 0 saturated carbocycles. The fourth-order valence-corrected chi connectivity index (χ4v) is 2.39. The van der Waals surface area contributed by atoms with Crippen molar-refractivity contribution in [3.05, 3.63) is 47.9 Å². The first-order valence-corrected chi connectivity index (χ1v) is 7.05. The highest BCUT2D eigenvalue weighted by Crippen LogP contribution is 2.20. The lowest BCUT2D eigenvalue weighted by atomic mass is 10.2. The highest BCUT2D eigenvalue weighted by Gasteiger charge is 2.10. The first kappa shape index (κ1) is 13.1. The monoisotopic (exact) mass is 272 g/mol. The Bertz CT molecular complexity index is 542. The normalized spacial score (nSPS) is 15.3. The lowest BCUT2D eigenvalue weighted by Crippen LogP contribution is -2.43. The third kappa shape index (κ3) is 3.14. The van der Waals surface area contributed by atoms with Gasteiger partial charge >= 0.3 is 0 Å². The number of aryl methyl sites for hydroxylation is 1. The van der Waals surface area contributed by atoms with Gasteiger partial charge in [-0.2, -0.15) is 0 Å². The average molecular weight is 272 g/mol. The standard InChI is InChI=1S/C16H20N2O2/c1-13-2-5-16(20-13)12-19-15-6-3-14(4-7-15)18-10-8-17-9-11-18/h2-7,17H,8-12H2,1H3. The van der Waals surface area contributed by atoms with Crippen LogP contribution in [-0.2, 0) is 6.61 Å². The summed E-state index contributed by atoms with van der Waals surface area (Å²) in [4.78, 5) is 2.39. The molecule has 20 heavy (non-hydrogen) atoms. The molecule has 0 atom stereocenters. The molecule has 1 fully saturated rings. The quantitative estimate of drug-likeness (QED) is 0.928. The Labute approximate surface area is 119 Å². The number of furan rings is 1. The van der Waals surface area contributed by atoms with Crippen LogP contribution < -0.4 is 15.0 Å². The van der Waals surface area contributed by atoms with Gasteiger partial charge < -0.3 is 19.4 Å². The second-order valence-electron chi connectivity index (χ2n) is 5.03. The van der Waals surface area contributed by atoms with Crippen molar-refractivity contribution in [2.45, 2.75) is 13.5 Å². The maximum absolute atomic E-state index is 5.72. The molecule has 4 nitrogen and oxygen atoms in total. The third-order valence-electron chi connectivity index (χ3n) is 3.50. The third-order valence-corrected chi connectivity index (χ3v) is 3.50. The molecule has 0 amide bonds. The van der Waals surface area contributed by atoms with E-state index in [1.807, 2.05) is 31.2 Å². The average Bonchev–Trinajstić information content (AvgIpc) is 2.92. The van der Waals surface area contributed by atoms with E-state index >= 15 is 0 Å². The van der Waals surface area contributed by atoms with Gasteiger partial charge in [0.15, 0.2) is 0 Å². The zero-order valence-corrected chi connectivity index (χ0v) is 11.8. The van der Waals surface area contributed by atoms with Crippen molar-refractivity contribution >= 4 is 5.69 Å². The van der Waals surface area contributed by atoms with Crippen molar-refractivity contribution in [2.75, 3.05) is 31.1 Å². The topological polar surface area (TPSA) is 37.6 Å². The number of anilines is 1. The van der Waals surface area contributed by atoms with Crippen LogP contribution in [0, 0.1) is 6.92 Å². The fraction of sp³-hybridized carbons (Fsp3) is 0.375. The number of nitrogens with one attached hydrogen (secondary N) is 1. The minimum Gasteiger partial charge on any atom is -0.486 e. The molecule has 0 bridgehead atoms. The highest BCUT2D eigenvalue weighted by molar-refractivity contribution is 5.49. The molecule has 1 aromatic carbocycles. The van der Waals surface area contributed by atoms with Gasteiger partial charge in [0, 0.05) is 31.9 Å². The van der Waals surface area contributed by atoms with Gasteiger partial charge in [-0.05, 0) is 43.3 Å².